The van der Waals surface area contributed by atoms with Crippen LogP contribution in [0.4, 0.5) is 5.13 Å². The molecule has 1 aliphatic rings. The van der Waals surface area contributed by atoms with E-state index < -0.39 is 0 Å². The molecule has 3 aromatic rings. The quantitative estimate of drug-likeness (QED) is 0.261. The van der Waals surface area contributed by atoms with E-state index in [9.17, 15) is 9.59 Å². The molecule has 4 rings (SSSR count). The van der Waals surface area contributed by atoms with Crippen molar-refractivity contribution in [2.45, 2.75) is 38.0 Å². The molecule has 0 saturated heterocycles. The Bertz CT molecular complexity index is 1370. The molecule has 11 heteroatoms. The minimum absolute atomic E-state index is 0.145. The number of amides is 2. The number of hydrogen-bond acceptors (Lipinski definition) is 8. The fourth-order valence-corrected chi connectivity index (χ4v) is 6.14. The first kappa shape index (κ1) is 28.3. The number of aromatic nitrogens is 2. The fourth-order valence-electron chi connectivity index (χ4n) is 4.44. The maximum absolute atomic E-state index is 12.5. The third kappa shape index (κ3) is 8.14. The van der Waals surface area contributed by atoms with Crippen molar-refractivity contribution in [3.8, 4) is 11.5 Å². The summed E-state index contributed by atoms with van der Waals surface area (Å²) in [6.45, 7) is 4.19. The van der Waals surface area contributed by atoms with Gasteiger partial charge in [-0.3, -0.25) is 9.59 Å². The highest BCUT2D eigenvalue weighted by Crippen LogP contribution is 2.45. The number of benzene rings is 2. The zero-order valence-electron chi connectivity index (χ0n) is 21.9. The van der Waals surface area contributed by atoms with Crippen LogP contribution in [0.25, 0.3) is 0 Å². The molecule has 1 aromatic heterocycles. The van der Waals surface area contributed by atoms with Gasteiger partial charge in [-0.15, -0.1) is 10.2 Å². The van der Waals surface area contributed by atoms with Gasteiger partial charge in [-0.2, -0.15) is 4.99 Å². The van der Waals surface area contributed by atoms with Crippen LogP contribution in [0.2, 0.25) is 0 Å². The maximum atomic E-state index is 12.5. The van der Waals surface area contributed by atoms with Gasteiger partial charge < -0.3 is 20.5 Å². The van der Waals surface area contributed by atoms with Crippen LogP contribution in [-0.4, -0.2) is 41.4 Å². The largest absolute Gasteiger partial charge is 0.497 e. The average molecular weight is 566 g/mol. The number of rotatable bonds is 10. The summed E-state index contributed by atoms with van der Waals surface area (Å²) in [5, 5.41) is 12.9. The molecule has 1 saturated carbocycles. The molecule has 2 atom stereocenters. The molecule has 1 fully saturated rings. The summed E-state index contributed by atoms with van der Waals surface area (Å²) in [5.74, 6) is 1.37. The topological polar surface area (TPSA) is 129 Å². The van der Waals surface area contributed by atoms with E-state index in [-0.39, 0.29) is 41.7 Å². The Kier molecular flexibility index (Phi) is 9.72. The van der Waals surface area contributed by atoms with E-state index in [0.29, 0.717) is 16.6 Å². The molecule has 0 bridgehead atoms. The maximum Gasteiger partial charge on any atom is 0.252 e. The number of nitrogens with zero attached hydrogens (tertiary/aromatic N) is 3. The third-order valence-corrected chi connectivity index (χ3v) is 8.28. The number of ether oxygens (including phenoxy) is 2. The highest BCUT2D eigenvalue weighted by molar-refractivity contribution is 8.17. The Morgan fingerprint density at radius 2 is 1.74 bits per heavy atom. The second kappa shape index (κ2) is 13.4. The van der Waals surface area contributed by atoms with Crippen LogP contribution < -0.4 is 20.5 Å². The number of carbonyl (C=O) groups is 2. The number of hydrogen-bond donors (Lipinski definition) is 2. The summed E-state index contributed by atoms with van der Waals surface area (Å²) in [6, 6.07) is 14.7. The van der Waals surface area contributed by atoms with E-state index in [1.54, 1.807) is 20.3 Å². The summed E-state index contributed by atoms with van der Waals surface area (Å²) < 4.78 is 10.4. The molecular weight excluding hydrogens is 534 g/mol. The molecule has 2 aromatic carbocycles. The number of allylic oxidation sites excluding steroid dienone is 1. The molecule has 39 heavy (non-hydrogen) atoms. The van der Waals surface area contributed by atoms with Gasteiger partial charge >= 0.3 is 0 Å². The van der Waals surface area contributed by atoms with Crippen LogP contribution in [0.5, 0.6) is 11.5 Å². The highest BCUT2D eigenvalue weighted by atomic mass is 32.2. The number of nitrogens with two attached hydrogens (primary N) is 1. The van der Waals surface area contributed by atoms with E-state index in [4.69, 9.17) is 15.2 Å². The van der Waals surface area contributed by atoms with Crippen LogP contribution >= 0.6 is 23.1 Å². The minimum Gasteiger partial charge on any atom is -0.497 e. The van der Waals surface area contributed by atoms with Gasteiger partial charge in [-0.25, -0.2) is 0 Å². The first-order valence-corrected chi connectivity index (χ1v) is 14.1. The fraction of sp³-hybridized carbons (Fsp3) is 0.321. The molecular formula is C28H31N5O4S2. The van der Waals surface area contributed by atoms with Crippen molar-refractivity contribution in [1.82, 2.24) is 10.2 Å². The van der Waals surface area contributed by atoms with Crippen LogP contribution in [0.15, 0.2) is 65.0 Å². The average Bonchev–Trinajstić information content (AvgIpc) is 3.58. The van der Waals surface area contributed by atoms with Crippen LogP contribution in [0, 0.1) is 5.92 Å². The molecule has 3 N–H and O–H groups in total. The van der Waals surface area contributed by atoms with Crippen molar-refractivity contribution in [2.24, 2.45) is 16.6 Å². The van der Waals surface area contributed by atoms with E-state index in [1.807, 2.05) is 42.5 Å². The molecule has 0 radical (unpaired) electrons. The first-order chi connectivity index (χ1) is 18.8. The number of carbonyl (C=O) groups excluding carboxylic acids is 2. The summed E-state index contributed by atoms with van der Waals surface area (Å²) in [5.41, 5.74) is 7.73. The lowest BCUT2D eigenvalue weighted by Crippen LogP contribution is -2.14. The number of thioether (sulfide) groups is 1. The summed E-state index contributed by atoms with van der Waals surface area (Å²) >= 11 is 2.65. The van der Waals surface area contributed by atoms with Crippen molar-refractivity contribution >= 4 is 45.2 Å². The number of aliphatic imine (C=N–C) groups is 1. The Morgan fingerprint density at radius 3 is 2.41 bits per heavy atom. The zero-order valence-corrected chi connectivity index (χ0v) is 23.5. The van der Waals surface area contributed by atoms with E-state index in [0.717, 1.165) is 40.3 Å². The van der Waals surface area contributed by atoms with Gasteiger partial charge in [0.1, 0.15) is 16.5 Å². The summed E-state index contributed by atoms with van der Waals surface area (Å²) in [7, 11) is 3.18. The number of nitrogens with one attached hydrogen (secondary N) is 1. The molecule has 1 aliphatic carbocycles. The van der Waals surface area contributed by atoms with Gasteiger partial charge in [0.2, 0.25) is 11.0 Å². The second-order valence-corrected chi connectivity index (χ2v) is 11.3. The lowest BCUT2D eigenvalue weighted by atomic mass is 10.1. The first-order valence-electron chi connectivity index (χ1n) is 12.5. The van der Waals surface area contributed by atoms with E-state index >= 15 is 0 Å². The highest BCUT2D eigenvalue weighted by Gasteiger charge is 2.31. The van der Waals surface area contributed by atoms with Crippen molar-refractivity contribution in [3.63, 3.8) is 0 Å². The Labute approximate surface area is 235 Å². The van der Waals surface area contributed by atoms with Gasteiger partial charge in [0.05, 0.1) is 27.1 Å². The van der Waals surface area contributed by atoms with E-state index in [2.05, 4.69) is 27.1 Å². The second-order valence-electron chi connectivity index (χ2n) is 9.17. The van der Waals surface area contributed by atoms with E-state index in [1.165, 1.54) is 23.1 Å². The Hall–Kier alpha value is -3.70. The van der Waals surface area contributed by atoms with Gasteiger partial charge in [0.15, 0.2) is 5.17 Å². The number of methoxy groups -OCH3 is 2. The lowest BCUT2D eigenvalue weighted by molar-refractivity contribution is -0.117. The van der Waals surface area contributed by atoms with Gasteiger partial charge in [-0.05, 0) is 65.5 Å². The minimum atomic E-state index is -0.319. The predicted octanol–water partition coefficient (Wildman–Crippen LogP) is 4.95. The Balaban J connectivity index is 1.25. The molecule has 0 spiro atoms. The number of amidine groups is 1. The van der Waals surface area contributed by atoms with Crippen LogP contribution in [-0.2, 0) is 22.4 Å². The normalized spacial score (nSPS) is 17.0. The molecule has 204 valence electrons. The smallest absolute Gasteiger partial charge is 0.252 e. The summed E-state index contributed by atoms with van der Waals surface area (Å²) in [4.78, 5) is 29.8. The number of anilines is 1. The van der Waals surface area contributed by atoms with Crippen LogP contribution in [0.3, 0.4) is 0 Å². The van der Waals surface area contributed by atoms with Crippen molar-refractivity contribution < 1.29 is 19.1 Å². The van der Waals surface area contributed by atoms with Gasteiger partial charge in [0.25, 0.3) is 5.91 Å². The molecule has 2 amide bonds. The molecule has 0 aliphatic heterocycles. The predicted molar refractivity (Wildman–Crippen MR) is 155 cm³/mol. The zero-order chi connectivity index (χ0) is 27.8. The van der Waals surface area contributed by atoms with Gasteiger partial charge in [0, 0.05) is 5.92 Å². The van der Waals surface area contributed by atoms with Crippen LogP contribution in [0.1, 0.15) is 41.3 Å². The standard InChI is InChI=1S/C28H31N5O4S2/c1-17(38-27(29)30-24(34)14-18-6-4-8-22(12-18)36-2)20-10-11-21(16-20)26-32-33-28(39-26)31-25(35)15-19-7-5-9-23(13-19)37-3/h4-9,12-13,20-21H,1,10-11,14-16H2,2-3H3,(H2,29,30,34)(H,31,33,35). The van der Waals surface area contributed by atoms with Gasteiger partial charge in [-0.1, -0.05) is 53.9 Å². The summed E-state index contributed by atoms with van der Waals surface area (Å²) in [6.07, 6.45) is 3.08. The van der Waals surface area contributed by atoms with Crippen molar-refractivity contribution in [2.75, 3.05) is 19.5 Å². The third-order valence-electron chi connectivity index (χ3n) is 6.38. The lowest BCUT2D eigenvalue weighted by Gasteiger charge is -2.12. The monoisotopic (exact) mass is 565 g/mol. The van der Waals surface area contributed by atoms with Crippen molar-refractivity contribution in [3.05, 3.63) is 76.1 Å². The molecule has 2 unspecified atom stereocenters. The SMILES string of the molecule is C=C(SC(N)=NC(=O)Cc1cccc(OC)c1)C1CCC(c2nnc(NC(=O)Cc3cccc(OC)c3)s2)C1. The molecule has 9 nitrogen and oxygen atoms in total. The van der Waals surface area contributed by atoms with Crippen molar-refractivity contribution in [1.29, 1.82) is 0 Å². The molecule has 1 heterocycles. The Morgan fingerprint density at radius 1 is 1.08 bits per heavy atom.